The second-order valence-corrected chi connectivity index (χ2v) is 5.45. The van der Waals surface area contributed by atoms with Crippen molar-refractivity contribution in [1.82, 2.24) is 25.4 Å². The Morgan fingerprint density at radius 3 is 2.82 bits per heavy atom. The Labute approximate surface area is 133 Å². The summed E-state index contributed by atoms with van der Waals surface area (Å²) in [5.41, 5.74) is 0. The fourth-order valence-electron chi connectivity index (χ4n) is 1.82. The lowest BCUT2D eigenvalue weighted by Gasteiger charge is -2.12. The van der Waals surface area contributed by atoms with Crippen LogP contribution in [0.5, 0.6) is 0 Å². The third-order valence-electron chi connectivity index (χ3n) is 3.14. The number of hydrogen-bond acceptors (Lipinski definition) is 4. The van der Waals surface area contributed by atoms with Gasteiger partial charge in [0, 0.05) is 26.2 Å². The van der Waals surface area contributed by atoms with Gasteiger partial charge in [-0.3, -0.25) is 0 Å². The zero-order valence-electron chi connectivity index (χ0n) is 14.3. The van der Waals surface area contributed by atoms with E-state index in [4.69, 9.17) is 4.74 Å². The average molecular weight is 310 g/mol. The molecular weight excluding hydrogens is 280 g/mol. The molecule has 22 heavy (non-hydrogen) atoms. The van der Waals surface area contributed by atoms with Crippen LogP contribution in [0.15, 0.2) is 11.3 Å². The standard InChI is InChI=1S/C15H30N6O/c1-5-16-15(17-8-10-22-9-7-13(3)4)18-11-14-20-19-12-21(14)6-2/h12-13H,5-11H2,1-4H3,(H2,16,17,18). The molecule has 0 atom stereocenters. The highest BCUT2D eigenvalue weighted by Gasteiger charge is 2.03. The Hall–Kier alpha value is -1.63. The van der Waals surface area contributed by atoms with E-state index in [1.54, 1.807) is 6.33 Å². The van der Waals surface area contributed by atoms with Gasteiger partial charge in [-0.2, -0.15) is 0 Å². The lowest BCUT2D eigenvalue weighted by atomic mass is 10.1. The maximum atomic E-state index is 5.59. The van der Waals surface area contributed by atoms with Gasteiger partial charge >= 0.3 is 0 Å². The molecule has 0 bridgehead atoms. The number of nitrogens with one attached hydrogen (secondary N) is 2. The summed E-state index contributed by atoms with van der Waals surface area (Å²) in [5.74, 6) is 2.33. The monoisotopic (exact) mass is 310 g/mol. The summed E-state index contributed by atoms with van der Waals surface area (Å²) >= 11 is 0. The van der Waals surface area contributed by atoms with Gasteiger partial charge in [0.05, 0.1) is 6.61 Å². The van der Waals surface area contributed by atoms with Gasteiger partial charge in [0.1, 0.15) is 12.9 Å². The van der Waals surface area contributed by atoms with Crippen LogP contribution in [0.4, 0.5) is 0 Å². The minimum atomic E-state index is 0.511. The van der Waals surface area contributed by atoms with Crippen molar-refractivity contribution in [3.05, 3.63) is 12.2 Å². The molecule has 1 rings (SSSR count). The van der Waals surface area contributed by atoms with Gasteiger partial charge < -0.3 is 19.9 Å². The van der Waals surface area contributed by atoms with Crippen LogP contribution in [0.3, 0.4) is 0 Å². The number of hydrogen-bond donors (Lipinski definition) is 2. The van der Waals surface area contributed by atoms with Crippen molar-refractivity contribution in [2.45, 2.75) is 47.2 Å². The first kappa shape index (κ1) is 18.4. The number of aromatic nitrogens is 3. The van der Waals surface area contributed by atoms with Gasteiger partial charge in [-0.15, -0.1) is 10.2 Å². The molecule has 1 aromatic rings. The average Bonchev–Trinajstić information content (AvgIpc) is 2.95. The van der Waals surface area contributed by atoms with Crippen molar-refractivity contribution in [3.8, 4) is 0 Å². The van der Waals surface area contributed by atoms with Crippen LogP contribution in [0.1, 0.15) is 39.9 Å². The van der Waals surface area contributed by atoms with Crippen LogP contribution in [0.2, 0.25) is 0 Å². The Morgan fingerprint density at radius 1 is 1.32 bits per heavy atom. The number of aliphatic imine (C=N–C) groups is 1. The van der Waals surface area contributed by atoms with Gasteiger partial charge in [-0.05, 0) is 26.2 Å². The second-order valence-electron chi connectivity index (χ2n) is 5.45. The molecule has 0 spiro atoms. The van der Waals surface area contributed by atoms with E-state index >= 15 is 0 Å². The Balaban J connectivity index is 2.33. The zero-order chi connectivity index (χ0) is 16.2. The maximum absolute atomic E-state index is 5.59. The predicted molar refractivity (Wildman–Crippen MR) is 88.8 cm³/mol. The third kappa shape index (κ3) is 7.40. The van der Waals surface area contributed by atoms with Gasteiger partial charge in [-0.1, -0.05) is 13.8 Å². The predicted octanol–water partition coefficient (Wildman–Crippen LogP) is 1.42. The molecule has 0 radical (unpaired) electrons. The minimum absolute atomic E-state index is 0.511. The van der Waals surface area contributed by atoms with Crippen LogP contribution in [-0.2, 0) is 17.8 Å². The lowest BCUT2D eigenvalue weighted by molar-refractivity contribution is 0.128. The molecule has 0 saturated heterocycles. The van der Waals surface area contributed by atoms with E-state index in [0.717, 1.165) is 44.4 Å². The molecule has 7 heteroatoms. The third-order valence-corrected chi connectivity index (χ3v) is 3.14. The molecule has 7 nitrogen and oxygen atoms in total. The summed E-state index contributed by atoms with van der Waals surface area (Å²) < 4.78 is 7.58. The highest BCUT2D eigenvalue weighted by molar-refractivity contribution is 5.79. The molecule has 0 unspecified atom stereocenters. The molecule has 0 saturated carbocycles. The van der Waals surface area contributed by atoms with Crippen molar-refractivity contribution in [2.75, 3.05) is 26.3 Å². The van der Waals surface area contributed by atoms with Crippen molar-refractivity contribution in [1.29, 1.82) is 0 Å². The molecule has 0 amide bonds. The first-order valence-electron chi connectivity index (χ1n) is 8.13. The van der Waals surface area contributed by atoms with Crippen LogP contribution >= 0.6 is 0 Å². The Bertz CT molecular complexity index is 429. The van der Waals surface area contributed by atoms with E-state index < -0.39 is 0 Å². The minimum Gasteiger partial charge on any atom is -0.380 e. The molecule has 0 aromatic carbocycles. The highest BCUT2D eigenvalue weighted by Crippen LogP contribution is 1.98. The van der Waals surface area contributed by atoms with E-state index in [0.29, 0.717) is 19.1 Å². The maximum Gasteiger partial charge on any atom is 0.191 e. The largest absolute Gasteiger partial charge is 0.380 e. The molecule has 0 aliphatic heterocycles. The second kappa shape index (κ2) is 11.0. The molecule has 0 aliphatic rings. The van der Waals surface area contributed by atoms with Gasteiger partial charge in [0.15, 0.2) is 11.8 Å². The SMILES string of the molecule is CCNC(=NCc1nncn1CC)NCCOCCC(C)C. The number of rotatable bonds is 10. The number of nitrogens with zero attached hydrogens (tertiary/aromatic N) is 4. The van der Waals surface area contributed by atoms with Crippen LogP contribution < -0.4 is 10.6 Å². The van der Waals surface area contributed by atoms with Crippen molar-refractivity contribution < 1.29 is 4.74 Å². The topological polar surface area (TPSA) is 76.4 Å². The lowest BCUT2D eigenvalue weighted by Crippen LogP contribution is -2.39. The molecule has 1 heterocycles. The van der Waals surface area contributed by atoms with E-state index in [1.165, 1.54) is 0 Å². The summed E-state index contributed by atoms with van der Waals surface area (Å²) in [6.07, 6.45) is 2.83. The summed E-state index contributed by atoms with van der Waals surface area (Å²) in [7, 11) is 0. The molecular formula is C15H30N6O. The molecule has 126 valence electrons. The quantitative estimate of drug-likeness (QED) is 0.388. The summed E-state index contributed by atoms with van der Waals surface area (Å²) in [6, 6.07) is 0. The fourth-order valence-corrected chi connectivity index (χ4v) is 1.82. The van der Waals surface area contributed by atoms with E-state index in [9.17, 15) is 0 Å². The number of ether oxygens (including phenoxy) is 1. The van der Waals surface area contributed by atoms with E-state index in [2.05, 4.69) is 46.6 Å². The highest BCUT2D eigenvalue weighted by atomic mass is 16.5. The van der Waals surface area contributed by atoms with Gasteiger partial charge in [-0.25, -0.2) is 4.99 Å². The van der Waals surface area contributed by atoms with E-state index in [-0.39, 0.29) is 0 Å². The van der Waals surface area contributed by atoms with E-state index in [1.807, 2.05) is 11.5 Å². The molecule has 2 N–H and O–H groups in total. The van der Waals surface area contributed by atoms with Crippen LogP contribution in [-0.4, -0.2) is 47.0 Å². The Kier molecular flexibility index (Phi) is 9.21. The van der Waals surface area contributed by atoms with Crippen molar-refractivity contribution in [3.63, 3.8) is 0 Å². The van der Waals surface area contributed by atoms with Crippen LogP contribution in [0.25, 0.3) is 0 Å². The van der Waals surface area contributed by atoms with Crippen LogP contribution in [0, 0.1) is 5.92 Å². The summed E-state index contributed by atoms with van der Waals surface area (Å²) in [5, 5.41) is 14.5. The summed E-state index contributed by atoms with van der Waals surface area (Å²) in [6.45, 7) is 12.9. The first-order valence-corrected chi connectivity index (χ1v) is 8.13. The van der Waals surface area contributed by atoms with Gasteiger partial charge in [0.25, 0.3) is 0 Å². The number of guanidine groups is 1. The van der Waals surface area contributed by atoms with Crippen molar-refractivity contribution in [2.24, 2.45) is 10.9 Å². The Morgan fingerprint density at radius 2 is 2.14 bits per heavy atom. The molecule has 1 aromatic heterocycles. The fraction of sp³-hybridized carbons (Fsp3) is 0.800. The smallest absolute Gasteiger partial charge is 0.191 e. The summed E-state index contributed by atoms with van der Waals surface area (Å²) in [4.78, 5) is 4.53. The normalized spacial score (nSPS) is 12.0. The molecule has 0 aliphatic carbocycles. The van der Waals surface area contributed by atoms with Crippen molar-refractivity contribution >= 4 is 5.96 Å². The number of aryl methyl sites for hydroxylation is 1. The molecule has 0 fully saturated rings. The van der Waals surface area contributed by atoms with Gasteiger partial charge in [0.2, 0.25) is 0 Å². The first-order chi connectivity index (χ1) is 10.7. The zero-order valence-corrected chi connectivity index (χ0v) is 14.3.